The second kappa shape index (κ2) is 25.7. The molecule has 0 unspecified atom stereocenters. The van der Waals surface area contributed by atoms with Crippen LogP contribution in [0.25, 0.3) is 0 Å². The third-order valence-electron chi connectivity index (χ3n) is 5.10. The van der Waals surface area contributed by atoms with Crippen molar-refractivity contribution in [1.82, 2.24) is 4.90 Å². The molecule has 0 saturated heterocycles. The van der Waals surface area contributed by atoms with Crippen molar-refractivity contribution >= 4 is 10.1 Å². The van der Waals surface area contributed by atoms with Gasteiger partial charge >= 0.3 is 0 Å². The summed E-state index contributed by atoms with van der Waals surface area (Å²) in [6.07, 6.45) is 22.9. The van der Waals surface area contributed by atoms with E-state index in [1.807, 2.05) is 26.0 Å². The van der Waals surface area contributed by atoms with Gasteiger partial charge in [0.25, 0.3) is 10.1 Å². The van der Waals surface area contributed by atoms with Crippen LogP contribution in [0.4, 0.5) is 0 Å². The van der Waals surface area contributed by atoms with Crippen LogP contribution >= 0.6 is 0 Å². The SMILES string of the molecule is CCCCCCCCCCCCCCCCCCN.CN(C)C.O=S(=O)(O)c1ccccc1. The lowest BCUT2D eigenvalue weighted by Crippen LogP contribution is -1.99. The molecule has 0 fully saturated rings. The topological polar surface area (TPSA) is 83.6 Å². The molecule has 0 heterocycles. The number of benzene rings is 1. The normalized spacial score (nSPS) is 10.9. The molecule has 0 amide bonds. The molecule has 6 heteroatoms. The zero-order valence-electron chi connectivity index (χ0n) is 22.1. The third-order valence-corrected chi connectivity index (χ3v) is 5.97. The van der Waals surface area contributed by atoms with Gasteiger partial charge in [-0.1, -0.05) is 121 Å². The van der Waals surface area contributed by atoms with Crippen LogP contribution in [0.1, 0.15) is 110 Å². The van der Waals surface area contributed by atoms with Crippen molar-refractivity contribution in [2.75, 3.05) is 27.7 Å². The third kappa shape index (κ3) is 31.0. The molecule has 196 valence electrons. The summed E-state index contributed by atoms with van der Waals surface area (Å²) in [7, 11) is 2.00. The Morgan fingerprint density at radius 2 is 0.970 bits per heavy atom. The lowest BCUT2D eigenvalue weighted by atomic mass is 10.0. The number of nitrogens with zero attached hydrogens (tertiary/aromatic N) is 1. The maximum atomic E-state index is 10.4. The Morgan fingerprint density at radius 3 is 1.21 bits per heavy atom. The first-order chi connectivity index (χ1) is 15.8. The molecule has 3 N–H and O–H groups in total. The maximum absolute atomic E-state index is 10.4. The molecule has 0 bridgehead atoms. The molecule has 0 aliphatic rings. The zero-order valence-corrected chi connectivity index (χ0v) is 22.9. The van der Waals surface area contributed by atoms with Gasteiger partial charge in [-0.15, -0.1) is 0 Å². The van der Waals surface area contributed by atoms with Crippen LogP contribution < -0.4 is 5.73 Å². The average molecular weight is 487 g/mol. The molecule has 1 aromatic carbocycles. The van der Waals surface area contributed by atoms with Gasteiger partial charge in [0.2, 0.25) is 0 Å². The highest BCUT2D eigenvalue weighted by Crippen LogP contribution is 2.13. The molecular formula is C27H54N2O3S. The molecule has 1 rings (SSSR count). The smallest absolute Gasteiger partial charge is 0.294 e. The molecule has 0 radical (unpaired) electrons. The predicted octanol–water partition coefficient (Wildman–Crippen LogP) is 7.32. The van der Waals surface area contributed by atoms with E-state index in [4.69, 9.17) is 10.3 Å². The van der Waals surface area contributed by atoms with Crippen LogP contribution in [0.2, 0.25) is 0 Å². The molecule has 0 aliphatic carbocycles. The minimum absolute atomic E-state index is 0.0741. The van der Waals surface area contributed by atoms with Crippen molar-refractivity contribution in [1.29, 1.82) is 0 Å². The minimum atomic E-state index is -4.00. The van der Waals surface area contributed by atoms with Gasteiger partial charge in [0.15, 0.2) is 0 Å². The number of hydrogen-bond donors (Lipinski definition) is 2. The summed E-state index contributed by atoms with van der Waals surface area (Å²) in [5.74, 6) is 0. The van der Waals surface area contributed by atoms with Crippen LogP contribution in [0, 0.1) is 0 Å². The summed E-state index contributed by atoms with van der Waals surface area (Å²) < 4.78 is 29.2. The number of nitrogens with two attached hydrogens (primary N) is 1. The molecule has 0 saturated carbocycles. The summed E-state index contributed by atoms with van der Waals surface area (Å²) in [5.41, 5.74) is 5.48. The summed E-state index contributed by atoms with van der Waals surface area (Å²) in [5, 5.41) is 0. The van der Waals surface area contributed by atoms with Crippen molar-refractivity contribution in [2.24, 2.45) is 5.73 Å². The molecule has 0 aromatic heterocycles. The molecule has 0 atom stereocenters. The van der Waals surface area contributed by atoms with Gasteiger partial charge in [-0.2, -0.15) is 8.42 Å². The van der Waals surface area contributed by atoms with Gasteiger partial charge in [-0.3, -0.25) is 4.55 Å². The number of rotatable bonds is 17. The first-order valence-corrected chi connectivity index (χ1v) is 14.5. The minimum Gasteiger partial charge on any atom is -0.330 e. The zero-order chi connectivity index (χ0) is 25.2. The van der Waals surface area contributed by atoms with E-state index in [0.29, 0.717) is 0 Å². The van der Waals surface area contributed by atoms with E-state index >= 15 is 0 Å². The quantitative estimate of drug-likeness (QED) is 0.178. The lowest BCUT2D eigenvalue weighted by Gasteiger charge is -2.03. The Morgan fingerprint density at radius 1 is 0.667 bits per heavy atom. The fourth-order valence-corrected chi connectivity index (χ4v) is 3.79. The van der Waals surface area contributed by atoms with E-state index in [9.17, 15) is 8.42 Å². The number of hydrogen-bond acceptors (Lipinski definition) is 4. The molecule has 5 nitrogen and oxygen atoms in total. The van der Waals surface area contributed by atoms with Crippen LogP contribution in [0.3, 0.4) is 0 Å². The summed E-state index contributed by atoms with van der Waals surface area (Å²) in [6, 6.07) is 7.42. The fraction of sp³-hybridized carbons (Fsp3) is 0.778. The van der Waals surface area contributed by atoms with Crippen LogP contribution in [-0.4, -0.2) is 45.6 Å². The second-order valence-electron chi connectivity index (χ2n) is 9.22. The highest BCUT2D eigenvalue weighted by Gasteiger charge is 2.05. The molecule has 0 spiro atoms. The van der Waals surface area contributed by atoms with Crippen LogP contribution in [0.15, 0.2) is 35.2 Å². The van der Waals surface area contributed by atoms with Gasteiger partial charge in [0.1, 0.15) is 0 Å². The Labute approximate surface area is 206 Å². The molecule has 1 aromatic rings. The molecule has 33 heavy (non-hydrogen) atoms. The van der Waals surface area contributed by atoms with E-state index in [1.54, 1.807) is 18.2 Å². The maximum Gasteiger partial charge on any atom is 0.294 e. The summed E-state index contributed by atoms with van der Waals surface area (Å²) in [4.78, 5) is 1.93. The Hall–Kier alpha value is -0.950. The van der Waals surface area contributed by atoms with E-state index in [1.165, 1.54) is 115 Å². The van der Waals surface area contributed by atoms with E-state index in [-0.39, 0.29) is 4.90 Å². The number of unbranched alkanes of at least 4 members (excludes halogenated alkanes) is 15. The van der Waals surface area contributed by atoms with Crippen molar-refractivity contribution in [3.8, 4) is 0 Å². The second-order valence-corrected chi connectivity index (χ2v) is 10.6. The van der Waals surface area contributed by atoms with Crippen molar-refractivity contribution in [3.05, 3.63) is 30.3 Å². The largest absolute Gasteiger partial charge is 0.330 e. The lowest BCUT2D eigenvalue weighted by molar-refractivity contribution is 0.483. The van der Waals surface area contributed by atoms with Crippen molar-refractivity contribution in [2.45, 2.75) is 115 Å². The summed E-state index contributed by atoms with van der Waals surface area (Å²) in [6.45, 7) is 3.16. The highest BCUT2D eigenvalue weighted by atomic mass is 32.2. The Bertz CT molecular complexity index is 574. The summed E-state index contributed by atoms with van der Waals surface area (Å²) >= 11 is 0. The molecular weight excluding hydrogens is 432 g/mol. The van der Waals surface area contributed by atoms with Crippen LogP contribution in [0.5, 0.6) is 0 Å². The van der Waals surface area contributed by atoms with E-state index < -0.39 is 10.1 Å². The van der Waals surface area contributed by atoms with E-state index in [2.05, 4.69) is 6.92 Å². The van der Waals surface area contributed by atoms with Crippen molar-refractivity contribution in [3.63, 3.8) is 0 Å². The van der Waals surface area contributed by atoms with Gasteiger partial charge in [0.05, 0.1) is 4.90 Å². The first kappa shape index (κ1) is 34.2. The Kier molecular flexibility index (Phi) is 26.6. The average Bonchev–Trinajstić information content (AvgIpc) is 2.76. The highest BCUT2D eigenvalue weighted by molar-refractivity contribution is 7.85. The first-order valence-electron chi connectivity index (χ1n) is 13.1. The molecule has 0 aliphatic heterocycles. The van der Waals surface area contributed by atoms with Crippen LogP contribution in [-0.2, 0) is 10.1 Å². The fourth-order valence-electron chi connectivity index (χ4n) is 3.28. The van der Waals surface area contributed by atoms with Gasteiger partial charge in [-0.25, -0.2) is 0 Å². The van der Waals surface area contributed by atoms with Gasteiger partial charge in [-0.05, 0) is 46.2 Å². The van der Waals surface area contributed by atoms with Gasteiger partial charge in [0, 0.05) is 0 Å². The predicted molar refractivity (Wildman–Crippen MR) is 144 cm³/mol. The monoisotopic (exact) mass is 486 g/mol. The van der Waals surface area contributed by atoms with E-state index in [0.717, 1.165) is 6.54 Å². The van der Waals surface area contributed by atoms with Crippen molar-refractivity contribution < 1.29 is 13.0 Å². The standard InChI is InChI=1S/C18H39N.C6H6O3S.C3H9N/c1-2-3-4-5-6-7-8-9-10-11-12-13-14-15-16-17-18-19;7-10(8,9)6-4-2-1-3-5-6;1-4(2)3/h2-19H2,1H3;1-5H,(H,7,8,9);1-3H3. The Balaban J connectivity index is 0. The van der Waals surface area contributed by atoms with Gasteiger partial charge < -0.3 is 10.6 Å².